The van der Waals surface area contributed by atoms with Crippen LogP contribution in [0.5, 0.6) is 0 Å². The van der Waals surface area contributed by atoms with Crippen molar-refractivity contribution >= 4 is 12.0 Å². The van der Waals surface area contributed by atoms with E-state index in [1.54, 1.807) is 0 Å². The number of methoxy groups -OCH3 is 1. The Bertz CT molecular complexity index is 235. The number of amides is 2. The number of hydroxylamine groups is 1. The van der Waals surface area contributed by atoms with Gasteiger partial charge >= 0.3 is 12.0 Å². The van der Waals surface area contributed by atoms with E-state index in [0.29, 0.717) is 0 Å². The van der Waals surface area contributed by atoms with Crippen LogP contribution in [0.4, 0.5) is 4.79 Å². The Labute approximate surface area is 92.7 Å². The summed E-state index contributed by atoms with van der Waals surface area (Å²) in [5.74, 6) is -1.19. The van der Waals surface area contributed by atoms with Gasteiger partial charge in [-0.15, -0.1) is 0 Å². The molecule has 0 aliphatic rings. The number of hydrogen-bond acceptors (Lipinski definition) is 5. The molecule has 0 radical (unpaired) electrons. The summed E-state index contributed by atoms with van der Waals surface area (Å²) in [6.45, 7) is -0.468. The first-order valence-corrected chi connectivity index (χ1v) is 4.49. The van der Waals surface area contributed by atoms with Gasteiger partial charge in [0.15, 0.2) is 6.61 Å². The highest BCUT2D eigenvalue weighted by molar-refractivity contribution is 5.73. The molecule has 0 aromatic heterocycles. The van der Waals surface area contributed by atoms with Gasteiger partial charge in [-0.25, -0.2) is 15.1 Å². The number of carboxylic acids is 1. The minimum absolute atomic E-state index is 0.0517. The van der Waals surface area contributed by atoms with Crippen molar-refractivity contribution in [1.82, 2.24) is 10.4 Å². The number of nitrogens with zero attached hydrogens (tertiary/aromatic N) is 1. The molecule has 0 spiro atoms. The quantitative estimate of drug-likeness (QED) is 0.472. The van der Waals surface area contributed by atoms with Crippen LogP contribution in [0.25, 0.3) is 0 Å². The minimum atomic E-state index is -1.19. The Morgan fingerprint density at radius 1 is 1.50 bits per heavy atom. The van der Waals surface area contributed by atoms with Crippen LogP contribution in [0.1, 0.15) is 0 Å². The fourth-order valence-electron chi connectivity index (χ4n) is 0.882. The second kappa shape index (κ2) is 7.85. The molecule has 2 amide bonds. The van der Waals surface area contributed by atoms with Crippen molar-refractivity contribution in [1.29, 1.82) is 0 Å². The zero-order valence-corrected chi connectivity index (χ0v) is 9.17. The number of rotatable bonds is 7. The van der Waals surface area contributed by atoms with Crippen LogP contribution >= 0.6 is 0 Å². The summed E-state index contributed by atoms with van der Waals surface area (Å²) >= 11 is 0. The number of nitrogens with one attached hydrogen (secondary N) is 1. The predicted octanol–water partition coefficient (Wildman–Crippen LogP) is -1.35. The second-order valence-corrected chi connectivity index (χ2v) is 3.08. The van der Waals surface area contributed by atoms with E-state index in [9.17, 15) is 14.7 Å². The third kappa shape index (κ3) is 6.98. The van der Waals surface area contributed by atoms with Gasteiger partial charge in [0.2, 0.25) is 0 Å². The van der Waals surface area contributed by atoms with E-state index in [2.05, 4.69) is 9.57 Å². The topological polar surface area (TPSA) is 108 Å². The van der Waals surface area contributed by atoms with Gasteiger partial charge in [0.05, 0.1) is 19.3 Å². The van der Waals surface area contributed by atoms with Crippen molar-refractivity contribution in [3.8, 4) is 0 Å². The van der Waals surface area contributed by atoms with Gasteiger partial charge in [0.25, 0.3) is 0 Å². The summed E-state index contributed by atoms with van der Waals surface area (Å²) < 4.78 is 4.68. The molecule has 8 heteroatoms. The van der Waals surface area contributed by atoms with Gasteiger partial charge in [-0.2, -0.15) is 0 Å². The zero-order chi connectivity index (χ0) is 12.6. The third-order valence-corrected chi connectivity index (χ3v) is 1.55. The van der Waals surface area contributed by atoms with E-state index in [4.69, 9.17) is 5.11 Å². The lowest BCUT2D eigenvalue weighted by Crippen LogP contribution is -2.42. The molecule has 0 saturated heterocycles. The molecule has 8 nitrogen and oxygen atoms in total. The fraction of sp³-hybridized carbons (Fsp3) is 0.750. The van der Waals surface area contributed by atoms with E-state index in [-0.39, 0.29) is 13.2 Å². The monoisotopic (exact) mass is 236 g/mol. The summed E-state index contributed by atoms with van der Waals surface area (Å²) in [7, 11) is 2.86. The Balaban J connectivity index is 3.76. The maximum absolute atomic E-state index is 11.2. The van der Waals surface area contributed by atoms with Crippen molar-refractivity contribution in [2.45, 2.75) is 6.10 Å². The van der Waals surface area contributed by atoms with Gasteiger partial charge < -0.3 is 19.8 Å². The lowest BCUT2D eigenvalue weighted by Gasteiger charge is -2.20. The predicted molar refractivity (Wildman–Crippen MR) is 52.6 cm³/mol. The largest absolute Gasteiger partial charge is 0.479 e. The Morgan fingerprint density at radius 2 is 2.12 bits per heavy atom. The molecule has 1 atom stereocenters. The minimum Gasteiger partial charge on any atom is -0.479 e. The first-order valence-electron chi connectivity index (χ1n) is 4.49. The molecule has 3 N–H and O–H groups in total. The van der Waals surface area contributed by atoms with Crippen LogP contribution in [0, 0.1) is 0 Å². The van der Waals surface area contributed by atoms with Crippen LogP contribution in [0.15, 0.2) is 0 Å². The highest BCUT2D eigenvalue weighted by Gasteiger charge is 2.13. The maximum Gasteiger partial charge on any atom is 0.341 e. The molecule has 94 valence electrons. The lowest BCUT2D eigenvalue weighted by molar-refractivity contribution is -0.144. The van der Waals surface area contributed by atoms with E-state index in [1.165, 1.54) is 14.2 Å². The lowest BCUT2D eigenvalue weighted by atomic mass is 10.3. The molecule has 0 aromatic rings. The Kier molecular flexibility index (Phi) is 7.18. The van der Waals surface area contributed by atoms with Gasteiger partial charge in [-0.1, -0.05) is 0 Å². The average Bonchev–Trinajstić information content (AvgIpc) is 2.17. The van der Waals surface area contributed by atoms with Crippen LogP contribution in [-0.2, 0) is 14.4 Å². The van der Waals surface area contributed by atoms with Crippen LogP contribution in [-0.4, -0.2) is 67.1 Å². The zero-order valence-electron chi connectivity index (χ0n) is 9.17. The average molecular weight is 236 g/mol. The number of hydrogen-bond donors (Lipinski definition) is 3. The second-order valence-electron chi connectivity index (χ2n) is 3.08. The van der Waals surface area contributed by atoms with E-state index < -0.39 is 24.7 Å². The highest BCUT2D eigenvalue weighted by Crippen LogP contribution is 1.91. The van der Waals surface area contributed by atoms with Gasteiger partial charge in [-0.05, 0) is 0 Å². The van der Waals surface area contributed by atoms with Crippen LogP contribution < -0.4 is 5.48 Å². The number of aliphatic hydroxyl groups is 1. The van der Waals surface area contributed by atoms with Gasteiger partial charge in [-0.3, -0.25) is 4.84 Å². The van der Waals surface area contributed by atoms with Crippen molar-refractivity contribution in [3.05, 3.63) is 0 Å². The van der Waals surface area contributed by atoms with Crippen LogP contribution in [0.2, 0.25) is 0 Å². The SMILES string of the molecule is COCC(O)CN(C)C(=O)NOCC(=O)O. The Hall–Kier alpha value is -1.38. The standard InChI is InChI=1S/C8H16N2O6/c1-10(3-6(11)4-15-2)8(14)9-16-5-7(12)13/h6,11H,3-5H2,1-2H3,(H,9,14)(H,12,13). The molecule has 0 bridgehead atoms. The maximum atomic E-state index is 11.2. The highest BCUT2D eigenvalue weighted by atomic mass is 16.7. The number of aliphatic hydroxyl groups excluding tert-OH is 1. The van der Waals surface area contributed by atoms with E-state index in [1.807, 2.05) is 5.48 Å². The molecule has 0 heterocycles. The molecular formula is C8H16N2O6. The molecule has 0 saturated carbocycles. The normalized spacial score (nSPS) is 11.9. The first-order chi connectivity index (χ1) is 7.47. The van der Waals surface area contributed by atoms with Gasteiger partial charge in [0.1, 0.15) is 0 Å². The number of aliphatic carboxylic acids is 1. The molecule has 16 heavy (non-hydrogen) atoms. The van der Waals surface area contributed by atoms with Crippen molar-refractivity contribution in [3.63, 3.8) is 0 Å². The molecule has 1 unspecified atom stereocenters. The summed E-state index contributed by atoms with van der Waals surface area (Å²) in [5, 5.41) is 17.5. The smallest absolute Gasteiger partial charge is 0.341 e. The number of likely N-dealkylation sites (N-methyl/N-ethyl adjacent to an activating group) is 1. The van der Waals surface area contributed by atoms with E-state index >= 15 is 0 Å². The third-order valence-electron chi connectivity index (χ3n) is 1.55. The molecule has 0 rings (SSSR count). The number of urea groups is 1. The summed E-state index contributed by atoms with van der Waals surface area (Å²) in [6.07, 6.45) is -0.805. The molecule has 0 aromatic carbocycles. The molecule has 0 aliphatic carbocycles. The number of carboxylic acid groups (broad SMARTS) is 1. The van der Waals surface area contributed by atoms with Crippen molar-refractivity contribution < 1.29 is 29.4 Å². The fourth-order valence-corrected chi connectivity index (χ4v) is 0.882. The molecule has 0 fully saturated rings. The Morgan fingerprint density at radius 3 is 2.62 bits per heavy atom. The van der Waals surface area contributed by atoms with Gasteiger partial charge in [0, 0.05) is 14.2 Å². The number of ether oxygens (including phenoxy) is 1. The summed E-state index contributed by atoms with van der Waals surface area (Å²) in [6, 6.07) is -0.642. The summed E-state index contributed by atoms with van der Waals surface area (Å²) in [5.41, 5.74) is 1.92. The van der Waals surface area contributed by atoms with Crippen molar-refractivity contribution in [2.75, 3.05) is 33.9 Å². The number of carbonyl (C=O) groups excluding carboxylic acids is 1. The van der Waals surface area contributed by atoms with Crippen molar-refractivity contribution in [2.24, 2.45) is 0 Å². The van der Waals surface area contributed by atoms with Crippen LogP contribution in [0.3, 0.4) is 0 Å². The number of carbonyl (C=O) groups is 2. The molecular weight excluding hydrogens is 220 g/mol. The summed E-state index contributed by atoms with van der Waals surface area (Å²) in [4.78, 5) is 26.8. The molecule has 0 aliphatic heterocycles. The van der Waals surface area contributed by atoms with E-state index in [0.717, 1.165) is 4.90 Å². The first kappa shape index (κ1) is 14.6.